The molecule has 7 heteroatoms. The van der Waals surface area contributed by atoms with E-state index in [-0.39, 0.29) is 29.5 Å². The van der Waals surface area contributed by atoms with Crippen LogP contribution in [0.15, 0.2) is 16.8 Å². The van der Waals surface area contributed by atoms with Gasteiger partial charge in [-0.3, -0.25) is 4.79 Å². The van der Waals surface area contributed by atoms with Gasteiger partial charge in [-0.1, -0.05) is 44.8 Å². The molecule has 8 atom stereocenters. The quantitative estimate of drug-likeness (QED) is 0.477. The molecular weight excluding hydrogens is 432 g/mol. The number of hydrogen-bond donors (Lipinski definition) is 3. The number of aliphatic hydroxyl groups excluding tert-OH is 1. The van der Waals surface area contributed by atoms with Crippen LogP contribution in [-0.4, -0.2) is 46.6 Å². The molecule has 4 aliphatic carbocycles. The molecule has 0 spiro atoms. The van der Waals surface area contributed by atoms with Gasteiger partial charge in [0.05, 0.1) is 11.8 Å². The molecule has 7 nitrogen and oxygen atoms in total. The Kier molecular flexibility index (Phi) is 7.14. The van der Waals surface area contributed by atoms with E-state index in [4.69, 9.17) is 4.84 Å². The largest absolute Gasteiger partial charge is 0.480 e. The normalized spacial score (nSPS) is 39.8. The molecule has 4 aliphatic rings. The van der Waals surface area contributed by atoms with Gasteiger partial charge in [0.2, 0.25) is 0 Å². The topological polar surface area (TPSA) is 108 Å². The van der Waals surface area contributed by atoms with Crippen molar-refractivity contribution in [2.24, 2.45) is 39.7 Å². The monoisotopic (exact) mass is 474 g/mol. The fourth-order valence-electron chi connectivity index (χ4n) is 7.69. The van der Waals surface area contributed by atoms with Gasteiger partial charge in [0, 0.05) is 0 Å². The number of carboxylic acid groups (broad SMARTS) is 1. The van der Waals surface area contributed by atoms with Gasteiger partial charge in [0.25, 0.3) is 5.91 Å². The van der Waals surface area contributed by atoms with Gasteiger partial charge in [-0.25, -0.2) is 4.79 Å². The van der Waals surface area contributed by atoms with Crippen LogP contribution in [0.25, 0.3) is 0 Å². The first-order valence-electron chi connectivity index (χ1n) is 13.2. The van der Waals surface area contributed by atoms with E-state index in [1.54, 1.807) is 0 Å². The van der Waals surface area contributed by atoms with Gasteiger partial charge in [0.1, 0.15) is 6.04 Å². The van der Waals surface area contributed by atoms with Crippen molar-refractivity contribution < 1.29 is 24.6 Å². The van der Waals surface area contributed by atoms with Crippen LogP contribution >= 0.6 is 0 Å². The third-order valence-corrected chi connectivity index (χ3v) is 10.1. The highest BCUT2D eigenvalue weighted by atomic mass is 16.6. The Balaban J connectivity index is 1.38. The lowest BCUT2D eigenvalue weighted by Crippen LogP contribution is -2.51. The number of rotatable bonds is 7. The van der Waals surface area contributed by atoms with Crippen molar-refractivity contribution in [3.8, 4) is 0 Å². The van der Waals surface area contributed by atoms with Crippen molar-refractivity contribution >= 4 is 17.6 Å². The standard InChI is InChI=1S/C27H42N2O5/c1-5-16(2)24(25(32)33)28-23(31)15-34-29-18-10-12-26(3)17(14-18)6-7-19-20-8-9-22(30)27(20,4)13-11-21(19)26/h14,16,19-22,24,30H,5-13,15H2,1-4H3,(H,28,31)(H,32,33)/t16-,19+,20-,21-,22-,24-,26-,27-/m0/s1. The number of carboxylic acids is 1. The summed E-state index contributed by atoms with van der Waals surface area (Å²) in [4.78, 5) is 28.9. The fourth-order valence-corrected chi connectivity index (χ4v) is 7.69. The molecule has 3 N–H and O–H groups in total. The highest BCUT2D eigenvalue weighted by Crippen LogP contribution is 2.65. The van der Waals surface area contributed by atoms with Crippen LogP contribution in [0.3, 0.4) is 0 Å². The number of aliphatic hydroxyl groups is 1. The molecule has 0 unspecified atom stereocenters. The summed E-state index contributed by atoms with van der Waals surface area (Å²) in [5.41, 5.74) is 2.60. The van der Waals surface area contributed by atoms with Gasteiger partial charge in [0.15, 0.2) is 6.61 Å². The summed E-state index contributed by atoms with van der Waals surface area (Å²) in [6.07, 6.45) is 11.2. The molecule has 3 fully saturated rings. The first-order chi connectivity index (χ1) is 16.1. The molecule has 0 aromatic heterocycles. The third kappa shape index (κ3) is 4.40. The van der Waals surface area contributed by atoms with Gasteiger partial charge >= 0.3 is 5.97 Å². The summed E-state index contributed by atoms with van der Waals surface area (Å²) in [6, 6.07) is -0.917. The maximum atomic E-state index is 12.2. The Morgan fingerprint density at radius 1 is 1.18 bits per heavy atom. The summed E-state index contributed by atoms with van der Waals surface area (Å²) < 4.78 is 0. The number of amides is 1. The molecular formula is C27H42N2O5. The lowest BCUT2D eigenvalue weighted by molar-refractivity contribution is -0.144. The van der Waals surface area contributed by atoms with Crippen molar-refractivity contribution in [1.29, 1.82) is 0 Å². The Labute approximate surface area is 203 Å². The Morgan fingerprint density at radius 2 is 1.94 bits per heavy atom. The molecule has 4 rings (SSSR count). The molecule has 1 amide bonds. The van der Waals surface area contributed by atoms with Crippen LogP contribution in [0.5, 0.6) is 0 Å². The predicted molar refractivity (Wildman–Crippen MR) is 130 cm³/mol. The van der Waals surface area contributed by atoms with Gasteiger partial charge in [-0.05, 0) is 91.9 Å². The average Bonchev–Trinajstić information content (AvgIpc) is 3.11. The summed E-state index contributed by atoms with van der Waals surface area (Å²) in [7, 11) is 0. The summed E-state index contributed by atoms with van der Waals surface area (Å²) in [5.74, 6) is 0.350. The predicted octanol–water partition coefficient (Wildman–Crippen LogP) is 4.30. The second kappa shape index (κ2) is 9.63. The number of allylic oxidation sites excluding steroid dienone is 2. The number of carbonyl (C=O) groups excluding carboxylic acids is 1. The van der Waals surface area contributed by atoms with Crippen LogP contribution < -0.4 is 5.32 Å². The molecule has 3 saturated carbocycles. The van der Waals surface area contributed by atoms with Crippen molar-refractivity contribution in [2.45, 2.75) is 97.6 Å². The lowest BCUT2D eigenvalue weighted by Gasteiger charge is -2.57. The Hall–Kier alpha value is -1.89. The van der Waals surface area contributed by atoms with Gasteiger partial charge in [-0.2, -0.15) is 0 Å². The van der Waals surface area contributed by atoms with E-state index >= 15 is 0 Å². The number of carbonyl (C=O) groups is 2. The van der Waals surface area contributed by atoms with E-state index in [1.807, 2.05) is 13.8 Å². The Bertz CT molecular complexity index is 869. The molecule has 34 heavy (non-hydrogen) atoms. The highest BCUT2D eigenvalue weighted by molar-refractivity contribution is 5.96. The lowest BCUT2D eigenvalue weighted by atomic mass is 9.47. The molecule has 0 bridgehead atoms. The SMILES string of the molecule is CC[C@H](C)[C@H](NC(=O)CON=C1C=C2CC[C@@H]3[C@@H]4CC[C@H](O)[C@@]4(C)CC[C@@H]3[C@@]2(C)CC1)C(=O)O. The van der Waals surface area contributed by atoms with E-state index in [0.717, 1.165) is 44.2 Å². The highest BCUT2D eigenvalue weighted by Gasteiger charge is 2.58. The van der Waals surface area contributed by atoms with E-state index in [0.29, 0.717) is 24.2 Å². The molecule has 0 aromatic carbocycles. The minimum Gasteiger partial charge on any atom is -0.480 e. The summed E-state index contributed by atoms with van der Waals surface area (Å²) >= 11 is 0. The third-order valence-electron chi connectivity index (χ3n) is 10.1. The van der Waals surface area contributed by atoms with E-state index in [1.165, 1.54) is 18.4 Å². The molecule has 0 aromatic rings. The molecule has 0 heterocycles. The summed E-state index contributed by atoms with van der Waals surface area (Å²) in [5, 5.41) is 26.8. The number of aliphatic carboxylic acids is 1. The molecule has 0 radical (unpaired) electrons. The van der Waals surface area contributed by atoms with Crippen LogP contribution in [0.1, 0.15) is 85.5 Å². The maximum Gasteiger partial charge on any atom is 0.326 e. The van der Waals surface area contributed by atoms with Crippen LogP contribution in [0.4, 0.5) is 0 Å². The maximum absolute atomic E-state index is 12.2. The molecule has 0 saturated heterocycles. The number of hydrogen-bond acceptors (Lipinski definition) is 5. The van der Waals surface area contributed by atoms with E-state index in [2.05, 4.69) is 30.4 Å². The fraction of sp³-hybridized carbons (Fsp3) is 0.815. The zero-order chi connectivity index (χ0) is 24.7. The van der Waals surface area contributed by atoms with Crippen molar-refractivity contribution in [3.63, 3.8) is 0 Å². The Morgan fingerprint density at radius 3 is 2.65 bits per heavy atom. The van der Waals surface area contributed by atoms with Crippen molar-refractivity contribution in [2.75, 3.05) is 6.61 Å². The zero-order valence-electron chi connectivity index (χ0n) is 21.2. The molecule has 190 valence electrons. The van der Waals surface area contributed by atoms with E-state index < -0.39 is 17.9 Å². The molecule has 0 aliphatic heterocycles. The summed E-state index contributed by atoms with van der Waals surface area (Å²) in [6.45, 7) is 8.17. The first-order valence-corrected chi connectivity index (χ1v) is 13.2. The van der Waals surface area contributed by atoms with Crippen molar-refractivity contribution in [1.82, 2.24) is 5.32 Å². The second-order valence-corrected chi connectivity index (χ2v) is 11.8. The van der Waals surface area contributed by atoms with E-state index in [9.17, 15) is 19.8 Å². The number of nitrogens with zero attached hydrogens (tertiary/aromatic N) is 1. The number of oxime groups is 1. The second-order valence-electron chi connectivity index (χ2n) is 11.8. The first kappa shape index (κ1) is 25.2. The number of nitrogens with one attached hydrogen (secondary N) is 1. The smallest absolute Gasteiger partial charge is 0.326 e. The van der Waals surface area contributed by atoms with Crippen LogP contribution in [0, 0.1) is 34.5 Å². The minimum absolute atomic E-state index is 0.100. The van der Waals surface area contributed by atoms with Gasteiger partial charge in [-0.15, -0.1) is 0 Å². The van der Waals surface area contributed by atoms with Crippen LogP contribution in [-0.2, 0) is 14.4 Å². The van der Waals surface area contributed by atoms with Crippen LogP contribution in [0.2, 0.25) is 0 Å². The van der Waals surface area contributed by atoms with Gasteiger partial charge < -0.3 is 20.4 Å². The average molecular weight is 475 g/mol. The minimum atomic E-state index is -1.03. The zero-order valence-corrected chi connectivity index (χ0v) is 21.2. The number of fused-ring (bicyclic) bond motifs is 5. The van der Waals surface area contributed by atoms with Crippen molar-refractivity contribution in [3.05, 3.63) is 11.6 Å².